The number of halogens is 3. The van der Waals surface area contributed by atoms with Gasteiger partial charge in [-0.15, -0.1) is 0 Å². The second-order valence-corrected chi connectivity index (χ2v) is 3.72. The van der Waals surface area contributed by atoms with Gasteiger partial charge in [-0.05, 0) is 30.3 Å². The van der Waals surface area contributed by atoms with Crippen LogP contribution in [0.2, 0.25) is 0 Å². The third kappa shape index (κ3) is 2.96. The van der Waals surface area contributed by atoms with Crippen molar-refractivity contribution in [3.63, 3.8) is 0 Å². The molecule has 0 amide bonds. The molecule has 1 aromatic heterocycles. The van der Waals surface area contributed by atoms with Crippen LogP contribution in [0.15, 0.2) is 47.4 Å². The Morgan fingerprint density at radius 2 is 1.79 bits per heavy atom. The molecule has 0 unspecified atom stereocenters. The summed E-state index contributed by atoms with van der Waals surface area (Å²) in [6.45, 7) is -0.958. The summed E-state index contributed by atoms with van der Waals surface area (Å²) in [5.74, 6) is 0.296. The third-order valence-corrected chi connectivity index (χ3v) is 2.52. The summed E-state index contributed by atoms with van der Waals surface area (Å²) in [7, 11) is 0. The summed E-state index contributed by atoms with van der Waals surface area (Å²) in [6.07, 6.45) is -1.57. The zero-order valence-corrected chi connectivity index (χ0v) is 9.72. The number of hydrogen-bond acceptors (Lipinski definition) is 2. The fourth-order valence-corrected chi connectivity index (χ4v) is 1.60. The van der Waals surface area contributed by atoms with Crippen molar-refractivity contribution in [2.45, 2.75) is 6.43 Å². The fourth-order valence-electron chi connectivity index (χ4n) is 1.60. The highest BCUT2D eigenvalue weighted by atomic mass is 19.3. The quantitative estimate of drug-likeness (QED) is 0.854. The topological polar surface area (TPSA) is 31.2 Å². The van der Waals surface area contributed by atoms with Gasteiger partial charge < -0.3 is 4.74 Å². The average molecular weight is 269 g/mol. The van der Waals surface area contributed by atoms with Gasteiger partial charge >= 0.3 is 0 Å². The molecule has 1 heterocycles. The molecular formula is C13H10F3NO2. The highest BCUT2D eigenvalue weighted by Gasteiger charge is 2.09. The Morgan fingerprint density at radius 1 is 1.11 bits per heavy atom. The maximum atomic E-state index is 12.6. The number of aromatic nitrogens is 1. The Hall–Kier alpha value is -2.24. The van der Waals surface area contributed by atoms with Gasteiger partial charge in [-0.2, -0.15) is 0 Å². The number of hydrogen-bond donors (Lipinski definition) is 0. The number of ether oxygens (including phenoxy) is 1. The van der Waals surface area contributed by atoms with Crippen molar-refractivity contribution in [1.82, 2.24) is 4.57 Å². The van der Waals surface area contributed by atoms with Gasteiger partial charge in [-0.3, -0.25) is 9.36 Å². The first kappa shape index (κ1) is 13.2. The van der Waals surface area contributed by atoms with Crippen molar-refractivity contribution in [1.29, 1.82) is 0 Å². The Kier molecular flexibility index (Phi) is 3.89. The summed E-state index contributed by atoms with van der Waals surface area (Å²) < 4.78 is 42.8. The molecule has 0 aliphatic rings. The van der Waals surface area contributed by atoms with Crippen molar-refractivity contribution in [3.8, 4) is 11.4 Å². The average Bonchev–Trinajstić information content (AvgIpc) is 2.40. The lowest BCUT2D eigenvalue weighted by atomic mass is 10.2. The fraction of sp³-hybridized carbons (Fsp3) is 0.154. The van der Waals surface area contributed by atoms with E-state index in [1.54, 1.807) is 0 Å². The van der Waals surface area contributed by atoms with E-state index in [1.807, 2.05) is 0 Å². The molecule has 0 saturated carbocycles. The largest absolute Gasteiger partial charge is 0.463 e. The van der Waals surface area contributed by atoms with Crippen molar-refractivity contribution in [2.24, 2.45) is 0 Å². The normalized spacial score (nSPS) is 10.7. The number of rotatable bonds is 4. The van der Waals surface area contributed by atoms with Gasteiger partial charge in [-0.25, -0.2) is 13.2 Å². The molecule has 0 fully saturated rings. The molecule has 0 atom stereocenters. The second kappa shape index (κ2) is 5.60. The molecule has 0 aliphatic heterocycles. The van der Waals surface area contributed by atoms with Gasteiger partial charge in [-0.1, -0.05) is 0 Å². The minimum atomic E-state index is -2.65. The van der Waals surface area contributed by atoms with E-state index in [2.05, 4.69) is 4.74 Å². The molecule has 100 valence electrons. The Balaban J connectivity index is 2.40. The van der Waals surface area contributed by atoms with E-state index in [0.717, 1.165) is 22.9 Å². The van der Waals surface area contributed by atoms with Gasteiger partial charge in [0.05, 0.1) is 0 Å². The van der Waals surface area contributed by atoms with Crippen molar-refractivity contribution in [2.75, 3.05) is 6.86 Å². The van der Waals surface area contributed by atoms with Crippen LogP contribution in [-0.4, -0.2) is 11.4 Å². The second-order valence-electron chi connectivity index (χ2n) is 3.72. The van der Waals surface area contributed by atoms with Crippen molar-refractivity contribution < 1.29 is 17.9 Å². The third-order valence-electron chi connectivity index (χ3n) is 2.52. The summed E-state index contributed by atoms with van der Waals surface area (Å²) in [4.78, 5) is 11.6. The highest BCUT2D eigenvalue weighted by molar-refractivity contribution is 5.38. The first-order valence-corrected chi connectivity index (χ1v) is 5.42. The molecular weight excluding hydrogens is 259 g/mol. The zero-order chi connectivity index (χ0) is 13.8. The van der Waals surface area contributed by atoms with E-state index < -0.39 is 18.8 Å². The minimum absolute atomic E-state index is 0.247. The molecule has 0 saturated heterocycles. The van der Waals surface area contributed by atoms with E-state index in [-0.39, 0.29) is 5.56 Å². The smallest absolute Gasteiger partial charge is 0.265 e. The number of pyridine rings is 1. The van der Waals surface area contributed by atoms with Crippen LogP contribution in [0.4, 0.5) is 13.2 Å². The first-order chi connectivity index (χ1) is 9.11. The van der Waals surface area contributed by atoms with E-state index in [1.165, 1.54) is 24.3 Å². The summed E-state index contributed by atoms with van der Waals surface area (Å²) in [5, 5.41) is 0. The summed E-state index contributed by atoms with van der Waals surface area (Å²) >= 11 is 0. The van der Waals surface area contributed by atoms with Crippen molar-refractivity contribution in [3.05, 3.63) is 58.5 Å². The van der Waals surface area contributed by atoms with Crippen LogP contribution in [-0.2, 0) is 0 Å². The number of benzene rings is 1. The standard InChI is InChI=1S/C13H10F3NO2/c14-8-19-11-4-2-10(3-5-11)17-7-9(13(15)16)1-6-12(17)18/h1-7,13H,8H2. The molecule has 0 N–H and O–H groups in total. The summed E-state index contributed by atoms with van der Waals surface area (Å²) in [6, 6.07) is 8.05. The minimum Gasteiger partial charge on any atom is -0.463 e. The summed E-state index contributed by atoms with van der Waals surface area (Å²) in [5.41, 5.74) is -0.272. The molecule has 2 aromatic rings. The molecule has 6 heteroatoms. The molecule has 2 rings (SSSR count). The molecule has 19 heavy (non-hydrogen) atoms. The predicted molar refractivity (Wildman–Crippen MR) is 63.6 cm³/mol. The SMILES string of the molecule is O=c1ccc(C(F)F)cn1-c1ccc(OCF)cc1. The first-order valence-electron chi connectivity index (χ1n) is 5.42. The Labute approximate surface area is 106 Å². The lowest BCUT2D eigenvalue weighted by molar-refractivity contribution is 0.150. The van der Waals surface area contributed by atoms with Crippen LogP contribution < -0.4 is 10.3 Å². The van der Waals surface area contributed by atoms with E-state index in [4.69, 9.17) is 0 Å². The van der Waals surface area contributed by atoms with Gasteiger partial charge in [0, 0.05) is 23.5 Å². The molecule has 0 spiro atoms. The molecule has 0 aliphatic carbocycles. The molecule has 0 bridgehead atoms. The van der Waals surface area contributed by atoms with Crippen LogP contribution >= 0.6 is 0 Å². The van der Waals surface area contributed by atoms with Crippen molar-refractivity contribution >= 4 is 0 Å². The highest BCUT2D eigenvalue weighted by Crippen LogP contribution is 2.19. The maximum Gasteiger partial charge on any atom is 0.265 e. The number of alkyl halides is 3. The lowest BCUT2D eigenvalue weighted by Gasteiger charge is -2.08. The van der Waals surface area contributed by atoms with E-state index >= 15 is 0 Å². The monoisotopic (exact) mass is 269 g/mol. The van der Waals surface area contributed by atoms with Gasteiger partial charge in [0.25, 0.3) is 12.0 Å². The van der Waals surface area contributed by atoms with Crippen LogP contribution in [0.25, 0.3) is 5.69 Å². The zero-order valence-electron chi connectivity index (χ0n) is 9.72. The van der Waals surface area contributed by atoms with Gasteiger partial charge in [0.2, 0.25) is 6.86 Å². The molecule has 3 nitrogen and oxygen atoms in total. The Bertz CT molecular complexity index is 608. The molecule has 0 radical (unpaired) electrons. The number of nitrogens with zero attached hydrogens (tertiary/aromatic N) is 1. The van der Waals surface area contributed by atoms with Crippen LogP contribution in [0.1, 0.15) is 12.0 Å². The van der Waals surface area contributed by atoms with Crippen LogP contribution in [0.3, 0.4) is 0 Å². The lowest BCUT2D eigenvalue weighted by Crippen LogP contribution is -2.17. The van der Waals surface area contributed by atoms with Gasteiger partial charge in [0.1, 0.15) is 5.75 Å². The van der Waals surface area contributed by atoms with E-state index in [9.17, 15) is 18.0 Å². The molecule has 1 aromatic carbocycles. The van der Waals surface area contributed by atoms with E-state index in [0.29, 0.717) is 11.4 Å². The van der Waals surface area contributed by atoms with Gasteiger partial charge in [0.15, 0.2) is 0 Å². The Morgan fingerprint density at radius 3 is 2.37 bits per heavy atom. The maximum absolute atomic E-state index is 12.6. The van der Waals surface area contributed by atoms with Crippen LogP contribution in [0.5, 0.6) is 5.75 Å². The van der Waals surface area contributed by atoms with Crippen LogP contribution in [0, 0.1) is 0 Å². The predicted octanol–water partition coefficient (Wildman–Crippen LogP) is 3.08.